The minimum absolute atomic E-state index is 0.0651. The Morgan fingerprint density at radius 3 is 2.75 bits per heavy atom. The molecule has 0 spiro atoms. The van der Waals surface area contributed by atoms with Gasteiger partial charge in [0.2, 0.25) is 0 Å². The number of nitrogens with one attached hydrogen (secondary N) is 1. The number of nitrogens with zero attached hydrogens (tertiary/aromatic N) is 1. The number of ketones is 1. The smallest absolute Gasteiger partial charge is 0.274 e. The van der Waals surface area contributed by atoms with Crippen molar-refractivity contribution >= 4 is 16.7 Å². The zero-order valence-corrected chi connectivity index (χ0v) is 15.7. The second kappa shape index (κ2) is 6.63. The molecule has 1 fully saturated rings. The van der Waals surface area contributed by atoms with Gasteiger partial charge >= 0.3 is 0 Å². The summed E-state index contributed by atoms with van der Waals surface area (Å²) in [6.07, 6.45) is 5.27. The Balaban J connectivity index is 1.64. The van der Waals surface area contributed by atoms with E-state index < -0.39 is 6.10 Å². The molecule has 3 aromatic rings. The van der Waals surface area contributed by atoms with Crippen LogP contribution in [0.15, 0.2) is 41.5 Å². The third-order valence-electron chi connectivity index (χ3n) is 5.90. The summed E-state index contributed by atoms with van der Waals surface area (Å²) in [6.45, 7) is 1.36. The van der Waals surface area contributed by atoms with E-state index in [9.17, 15) is 9.59 Å². The van der Waals surface area contributed by atoms with Gasteiger partial charge in [-0.15, -0.1) is 0 Å². The van der Waals surface area contributed by atoms with Gasteiger partial charge in [0.15, 0.2) is 11.9 Å². The van der Waals surface area contributed by atoms with Crippen LogP contribution in [0.2, 0.25) is 0 Å². The summed E-state index contributed by atoms with van der Waals surface area (Å²) in [6, 6.07) is 7.81. The zero-order valence-electron chi connectivity index (χ0n) is 15.7. The molecule has 0 amide bonds. The molecule has 1 N–H and O–H groups in total. The van der Waals surface area contributed by atoms with Crippen LogP contribution in [-0.2, 0) is 23.0 Å². The monoisotopic (exact) mass is 378 g/mol. The molecule has 6 nitrogen and oxygen atoms in total. The molecule has 4 heterocycles. The lowest BCUT2D eigenvalue weighted by atomic mass is 9.86. The maximum atomic E-state index is 12.8. The van der Waals surface area contributed by atoms with E-state index in [2.05, 4.69) is 4.98 Å². The Hall–Kier alpha value is -2.86. The fraction of sp³-hybridized carbons (Fsp3) is 0.364. The van der Waals surface area contributed by atoms with E-state index >= 15 is 0 Å². The maximum Gasteiger partial charge on any atom is 0.274 e. The van der Waals surface area contributed by atoms with Crippen molar-refractivity contribution in [3.8, 4) is 16.9 Å². The van der Waals surface area contributed by atoms with Crippen molar-refractivity contribution in [1.29, 1.82) is 0 Å². The second-order valence-corrected chi connectivity index (χ2v) is 7.65. The van der Waals surface area contributed by atoms with E-state index in [0.717, 1.165) is 40.7 Å². The molecule has 1 atom stereocenters. The topological polar surface area (TPSA) is 73.3 Å². The summed E-state index contributed by atoms with van der Waals surface area (Å²) < 4.78 is 13.4. The number of benzene rings is 1. The molecule has 0 saturated carbocycles. The lowest BCUT2D eigenvalue weighted by Gasteiger charge is -2.34. The SMILES string of the molecule is Cn1cc(-c2cccc3c2OC(C2CCOCC2)C(=O)C3)c2cc[nH]c2c1=O. The lowest BCUT2D eigenvalue weighted by molar-refractivity contribution is -0.130. The van der Waals surface area contributed by atoms with Gasteiger partial charge < -0.3 is 19.0 Å². The standard InChI is InChI=1S/C22H22N2O4/c1-24-12-17(15-5-8-23-19(15)22(24)26)16-4-2-3-14-11-18(25)21(28-20(14)16)13-6-9-27-10-7-13/h2-5,8,12-13,21,23H,6-7,9-11H2,1H3. The predicted octanol–water partition coefficient (Wildman–Crippen LogP) is 2.83. The van der Waals surface area contributed by atoms with Crippen LogP contribution in [0.1, 0.15) is 18.4 Å². The number of aromatic nitrogens is 2. The van der Waals surface area contributed by atoms with Crippen LogP contribution in [0.5, 0.6) is 5.75 Å². The molecule has 2 aliphatic rings. The molecule has 0 bridgehead atoms. The van der Waals surface area contributed by atoms with Gasteiger partial charge in [-0.2, -0.15) is 0 Å². The Labute approximate surface area is 162 Å². The quantitative estimate of drug-likeness (QED) is 0.744. The Morgan fingerprint density at radius 2 is 1.93 bits per heavy atom. The molecule has 2 aromatic heterocycles. The molecule has 144 valence electrons. The zero-order chi connectivity index (χ0) is 19.3. The first-order valence-electron chi connectivity index (χ1n) is 9.69. The highest BCUT2D eigenvalue weighted by atomic mass is 16.5. The number of hydrogen-bond acceptors (Lipinski definition) is 4. The van der Waals surface area contributed by atoms with E-state index in [1.807, 2.05) is 30.5 Å². The van der Waals surface area contributed by atoms with Gasteiger partial charge in [0.05, 0.1) is 0 Å². The normalized spacial score (nSPS) is 20.2. The summed E-state index contributed by atoms with van der Waals surface area (Å²) in [5.74, 6) is 1.10. The third-order valence-corrected chi connectivity index (χ3v) is 5.90. The van der Waals surface area contributed by atoms with Crippen LogP contribution < -0.4 is 10.3 Å². The molecule has 6 heteroatoms. The van der Waals surface area contributed by atoms with Gasteiger partial charge in [-0.1, -0.05) is 18.2 Å². The number of H-pyrrole nitrogens is 1. The van der Waals surface area contributed by atoms with Gasteiger partial charge in [-0.05, 0) is 18.9 Å². The van der Waals surface area contributed by atoms with Crippen LogP contribution in [-0.4, -0.2) is 34.7 Å². The average Bonchev–Trinajstić information content (AvgIpc) is 3.21. The van der Waals surface area contributed by atoms with E-state index in [1.165, 1.54) is 0 Å². The van der Waals surface area contributed by atoms with Crippen molar-refractivity contribution < 1.29 is 14.3 Å². The fourth-order valence-corrected chi connectivity index (χ4v) is 4.42. The predicted molar refractivity (Wildman–Crippen MR) is 106 cm³/mol. The molecular weight excluding hydrogens is 356 g/mol. The molecule has 5 rings (SSSR count). The Morgan fingerprint density at radius 1 is 1.11 bits per heavy atom. The fourth-order valence-electron chi connectivity index (χ4n) is 4.42. The number of aryl methyl sites for hydroxylation is 1. The van der Waals surface area contributed by atoms with Crippen LogP contribution >= 0.6 is 0 Å². The summed E-state index contributed by atoms with van der Waals surface area (Å²) in [5, 5.41) is 0.861. The number of pyridine rings is 1. The highest BCUT2D eigenvalue weighted by molar-refractivity contribution is 5.97. The van der Waals surface area contributed by atoms with Crippen LogP contribution in [0.3, 0.4) is 0 Å². The van der Waals surface area contributed by atoms with E-state index in [4.69, 9.17) is 9.47 Å². The summed E-state index contributed by atoms with van der Waals surface area (Å²) in [7, 11) is 1.75. The molecule has 0 radical (unpaired) electrons. The summed E-state index contributed by atoms with van der Waals surface area (Å²) in [5.41, 5.74) is 3.26. The summed E-state index contributed by atoms with van der Waals surface area (Å²) >= 11 is 0. The number of carbonyl (C=O) groups is 1. The second-order valence-electron chi connectivity index (χ2n) is 7.65. The van der Waals surface area contributed by atoms with Crippen molar-refractivity contribution in [2.45, 2.75) is 25.4 Å². The molecule has 28 heavy (non-hydrogen) atoms. The number of aromatic amines is 1. The lowest BCUT2D eigenvalue weighted by Crippen LogP contribution is -2.42. The maximum absolute atomic E-state index is 12.8. The average molecular weight is 378 g/mol. The van der Waals surface area contributed by atoms with Crippen LogP contribution in [0.4, 0.5) is 0 Å². The number of carbonyl (C=O) groups excluding carboxylic acids is 1. The van der Waals surface area contributed by atoms with Crippen molar-refractivity contribution in [2.24, 2.45) is 13.0 Å². The van der Waals surface area contributed by atoms with Crippen molar-refractivity contribution in [2.75, 3.05) is 13.2 Å². The van der Waals surface area contributed by atoms with Crippen LogP contribution in [0.25, 0.3) is 22.0 Å². The minimum atomic E-state index is -0.424. The minimum Gasteiger partial charge on any atom is -0.481 e. The van der Waals surface area contributed by atoms with Gasteiger partial charge in [0.25, 0.3) is 5.56 Å². The Kier molecular flexibility index (Phi) is 4.09. The third kappa shape index (κ3) is 2.67. The van der Waals surface area contributed by atoms with E-state index in [1.54, 1.807) is 17.8 Å². The number of rotatable bonds is 2. The number of fused-ring (bicyclic) bond motifs is 2. The molecule has 2 aliphatic heterocycles. The highest BCUT2D eigenvalue weighted by Gasteiger charge is 2.36. The first-order valence-corrected chi connectivity index (χ1v) is 9.69. The number of hydrogen-bond donors (Lipinski definition) is 1. The van der Waals surface area contributed by atoms with Crippen LogP contribution in [0, 0.1) is 5.92 Å². The number of Topliss-reactive ketones (excluding diaryl/α,β-unsaturated/α-hetero) is 1. The van der Waals surface area contributed by atoms with Gasteiger partial charge in [0, 0.05) is 67.1 Å². The van der Waals surface area contributed by atoms with Crippen molar-refractivity contribution in [3.05, 3.63) is 52.6 Å². The molecule has 0 aliphatic carbocycles. The van der Waals surface area contributed by atoms with E-state index in [-0.39, 0.29) is 17.3 Å². The number of para-hydroxylation sites is 1. The van der Waals surface area contributed by atoms with Crippen molar-refractivity contribution in [1.82, 2.24) is 9.55 Å². The van der Waals surface area contributed by atoms with Crippen molar-refractivity contribution in [3.63, 3.8) is 0 Å². The van der Waals surface area contributed by atoms with Gasteiger partial charge in [-0.3, -0.25) is 9.59 Å². The van der Waals surface area contributed by atoms with Gasteiger partial charge in [-0.25, -0.2) is 0 Å². The van der Waals surface area contributed by atoms with Gasteiger partial charge in [0.1, 0.15) is 11.3 Å². The molecule has 1 saturated heterocycles. The van der Waals surface area contributed by atoms with E-state index in [0.29, 0.717) is 25.2 Å². The highest BCUT2D eigenvalue weighted by Crippen LogP contribution is 2.41. The molecular formula is C22H22N2O4. The number of ether oxygens (including phenoxy) is 2. The first-order chi connectivity index (χ1) is 13.6. The molecule has 1 aromatic carbocycles. The molecule has 1 unspecified atom stereocenters. The largest absolute Gasteiger partial charge is 0.481 e. The summed E-state index contributed by atoms with van der Waals surface area (Å²) in [4.78, 5) is 28.2. The Bertz CT molecular complexity index is 1120. The first kappa shape index (κ1) is 17.3.